The van der Waals surface area contributed by atoms with Gasteiger partial charge in [-0.15, -0.1) is 0 Å². The first-order valence-electron chi connectivity index (χ1n) is 13.0. The maximum Gasteiger partial charge on any atom is 0.254 e. The number of hydrogen-bond acceptors (Lipinski definition) is 9. The highest BCUT2D eigenvalue weighted by Crippen LogP contribution is 2.24. The molecule has 0 unspecified atom stereocenters. The minimum absolute atomic E-state index is 0.175. The van der Waals surface area contributed by atoms with E-state index in [1.54, 1.807) is 30.5 Å². The van der Waals surface area contributed by atoms with Crippen LogP contribution in [0.5, 0.6) is 0 Å². The quantitative estimate of drug-likeness (QED) is 0.253. The van der Waals surface area contributed by atoms with E-state index in [-0.39, 0.29) is 17.4 Å². The fraction of sp³-hybridized carbons (Fsp3) is 0.207. The molecule has 2 amide bonds. The number of benzene rings is 2. The van der Waals surface area contributed by atoms with Crippen LogP contribution in [0.25, 0.3) is 0 Å². The molecule has 0 radical (unpaired) electrons. The van der Waals surface area contributed by atoms with Gasteiger partial charge in [0.2, 0.25) is 5.95 Å². The number of nitrogens with two attached hydrogens (primary N) is 1. The van der Waals surface area contributed by atoms with Gasteiger partial charge in [-0.25, -0.2) is 4.98 Å². The van der Waals surface area contributed by atoms with Crippen LogP contribution >= 0.6 is 0 Å². The molecule has 11 heteroatoms. The number of hydrogen-bond donors (Lipinski definition) is 4. The molecule has 11 nitrogen and oxygen atoms in total. The maximum atomic E-state index is 12.5. The molecule has 1 aliphatic heterocycles. The number of piperazine rings is 1. The summed E-state index contributed by atoms with van der Waals surface area (Å²) < 4.78 is 0. The van der Waals surface area contributed by atoms with E-state index in [9.17, 15) is 9.59 Å². The lowest BCUT2D eigenvalue weighted by Crippen LogP contribution is -2.44. The van der Waals surface area contributed by atoms with Gasteiger partial charge in [0.05, 0.1) is 12.2 Å². The second kappa shape index (κ2) is 12.2. The summed E-state index contributed by atoms with van der Waals surface area (Å²) in [4.78, 5) is 42.1. The number of anilines is 5. The second-order valence-electron chi connectivity index (χ2n) is 9.49. The van der Waals surface area contributed by atoms with Gasteiger partial charge in [0.1, 0.15) is 11.4 Å². The Bertz CT molecular complexity index is 1450. The van der Waals surface area contributed by atoms with Gasteiger partial charge < -0.3 is 31.5 Å². The average molecular weight is 538 g/mol. The number of primary amides is 1. The predicted molar refractivity (Wildman–Crippen MR) is 155 cm³/mol. The summed E-state index contributed by atoms with van der Waals surface area (Å²) in [5.41, 5.74) is 9.63. The minimum Gasteiger partial charge on any atom is -0.369 e. The summed E-state index contributed by atoms with van der Waals surface area (Å²) >= 11 is 0. The third kappa shape index (κ3) is 6.69. The average Bonchev–Trinajstić information content (AvgIpc) is 2.98. The lowest BCUT2D eigenvalue weighted by Gasteiger charge is -2.34. The molecule has 40 heavy (non-hydrogen) atoms. The lowest BCUT2D eigenvalue weighted by atomic mass is 10.2. The normalized spacial score (nSPS) is 13.5. The van der Waals surface area contributed by atoms with E-state index < -0.39 is 5.91 Å². The summed E-state index contributed by atoms with van der Waals surface area (Å²) in [6.45, 7) is 4.36. The van der Waals surface area contributed by atoms with Crippen molar-refractivity contribution < 1.29 is 9.59 Å². The molecule has 1 aliphatic rings. The van der Waals surface area contributed by atoms with Crippen molar-refractivity contribution in [3.63, 3.8) is 0 Å². The number of nitrogens with one attached hydrogen (secondary N) is 3. The van der Waals surface area contributed by atoms with E-state index >= 15 is 0 Å². The number of amides is 2. The third-order valence-electron chi connectivity index (χ3n) is 6.61. The molecule has 1 fully saturated rings. The number of rotatable bonds is 9. The van der Waals surface area contributed by atoms with Gasteiger partial charge in [-0.3, -0.25) is 14.6 Å². The largest absolute Gasteiger partial charge is 0.369 e. The van der Waals surface area contributed by atoms with Gasteiger partial charge in [0.15, 0.2) is 0 Å². The van der Waals surface area contributed by atoms with E-state index in [2.05, 4.69) is 47.7 Å². The zero-order chi connectivity index (χ0) is 27.9. The number of pyridine rings is 1. The van der Waals surface area contributed by atoms with Crippen molar-refractivity contribution in [1.82, 2.24) is 25.2 Å². The number of nitrogens with zero attached hydrogens (tertiary/aromatic N) is 5. The van der Waals surface area contributed by atoms with E-state index in [4.69, 9.17) is 5.73 Å². The van der Waals surface area contributed by atoms with Crippen LogP contribution in [0.4, 0.5) is 28.8 Å². The first-order valence-corrected chi connectivity index (χ1v) is 13.0. The molecule has 0 saturated carbocycles. The van der Waals surface area contributed by atoms with Crippen LogP contribution in [0.2, 0.25) is 0 Å². The van der Waals surface area contributed by atoms with Crippen molar-refractivity contribution >= 4 is 40.6 Å². The van der Waals surface area contributed by atoms with Gasteiger partial charge >= 0.3 is 0 Å². The van der Waals surface area contributed by atoms with Gasteiger partial charge in [-0.1, -0.05) is 6.07 Å². The highest BCUT2D eigenvalue weighted by Gasteiger charge is 2.16. The van der Waals surface area contributed by atoms with Crippen LogP contribution in [0.1, 0.15) is 26.4 Å². The summed E-state index contributed by atoms with van der Waals surface area (Å²) in [6, 6.07) is 20.5. The topological polar surface area (TPSA) is 141 Å². The zero-order valence-electron chi connectivity index (χ0n) is 22.2. The second-order valence-corrected chi connectivity index (χ2v) is 9.49. The van der Waals surface area contributed by atoms with Crippen molar-refractivity contribution in [2.24, 2.45) is 5.73 Å². The van der Waals surface area contributed by atoms with Crippen LogP contribution in [0, 0.1) is 0 Å². The predicted octanol–water partition coefficient (Wildman–Crippen LogP) is 3.14. The number of carbonyl (C=O) groups is 2. The van der Waals surface area contributed by atoms with Crippen LogP contribution in [-0.2, 0) is 6.54 Å². The van der Waals surface area contributed by atoms with Crippen LogP contribution in [0.15, 0.2) is 79.1 Å². The summed E-state index contributed by atoms with van der Waals surface area (Å²) in [7, 11) is 2.13. The molecule has 1 saturated heterocycles. The van der Waals surface area contributed by atoms with E-state index in [0.717, 1.165) is 43.2 Å². The Morgan fingerprint density at radius 2 is 1.57 bits per heavy atom. The van der Waals surface area contributed by atoms with Gasteiger partial charge in [-0.05, 0) is 67.7 Å². The van der Waals surface area contributed by atoms with Crippen LogP contribution in [-0.4, -0.2) is 64.9 Å². The first kappa shape index (κ1) is 26.6. The Morgan fingerprint density at radius 1 is 0.875 bits per heavy atom. The first-order chi connectivity index (χ1) is 19.4. The highest BCUT2D eigenvalue weighted by molar-refractivity contribution is 5.98. The SMILES string of the molecule is CN1CCN(c2ccc(Nc3nc(Nc4ccc(C(=O)NCc5ccccn5)cc4)ncc3C(N)=O)cc2)CC1. The molecule has 4 aromatic rings. The van der Waals surface area contributed by atoms with Crippen molar-refractivity contribution in [2.75, 3.05) is 48.8 Å². The molecule has 0 atom stereocenters. The maximum absolute atomic E-state index is 12.5. The fourth-order valence-corrected chi connectivity index (χ4v) is 4.28. The molecule has 2 aromatic heterocycles. The molecule has 0 aliphatic carbocycles. The summed E-state index contributed by atoms with van der Waals surface area (Å²) in [5.74, 6) is -0.273. The van der Waals surface area contributed by atoms with Crippen molar-refractivity contribution in [3.8, 4) is 0 Å². The smallest absolute Gasteiger partial charge is 0.254 e. The summed E-state index contributed by atoms with van der Waals surface area (Å²) in [5, 5.41) is 9.15. The van der Waals surface area contributed by atoms with Gasteiger partial charge in [-0.2, -0.15) is 4.98 Å². The van der Waals surface area contributed by atoms with Crippen molar-refractivity contribution in [1.29, 1.82) is 0 Å². The molecule has 204 valence electrons. The number of aromatic nitrogens is 3. The Kier molecular flexibility index (Phi) is 8.12. The number of likely N-dealkylation sites (N-methyl/N-ethyl adjacent to an activating group) is 1. The fourth-order valence-electron chi connectivity index (χ4n) is 4.28. The van der Waals surface area contributed by atoms with E-state index in [1.807, 2.05) is 42.5 Å². The Hall–Kier alpha value is -5.03. The van der Waals surface area contributed by atoms with Gasteiger partial charge in [0, 0.05) is 61.2 Å². The molecule has 0 spiro atoms. The van der Waals surface area contributed by atoms with E-state index in [1.165, 1.54) is 6.20 Å². The lowest BCUT2D eigenvalue weighted by molar-refractivity contribution is 0.0949. The molecular weight excluding hydrogens is 506 g/mol. The van der Waals surface area contributed by atoms with Crippen LogP contribution in [0.3, 0.4) is 0 Å². The van der Waals surface area contributed by atoms with Crippen LogP contribution < -0.4 is 26.6 Å². The highest BCUT2D eigenvalue weighted by atomic mass is 16.2. The molecule has 3 heterocycles. The zero-order valence-corrected chi connectivity index (χ0v) is 22.2. The van der Waals surface area contributed by atoms with Crippen molar-refractivity contribution in [2.45, 2.75) is 6.54 Å². The molecular formula is C29H31N9O2. The third-order valence-corrected chi connectivity index (χ3v) is 6.61. The summed E-state index contributed by atoms with van der Waals surface area (Å²) in [6.07, 6.45) is 3.07. The molecule has 2 aromatic carbocycles. The molecule has 5 N–H and O–H groups in total. The molecule has 0 bridgehead atoms. The number of carbonyl (C=O) groups excluding carboxylic acids is 2. The van der Waals surface area contributed by atoms with Gasteiger partial charge in [0.25, 0.3) is 11.8 Å². The van der Waals surface area contributed by atoms with E-state index in [0.29, 0.717) is 23.6 Å². The Labute approximate surface area is 232 Å². The minimum atomic E-state index is -0.635. The Balaban J connectivity index is 1.24. The monoisotopic (exact) mass is 537 g/mol. The Morgan fingerprint density at radius 3 is 2.25 bits per heavy atom. The standard InChI is InChI=1S/C29H31N9O2/c1-37-14-16-38(17-15-37)24-11-9-21(10-12-24)34-27-25(26(30)39)19-33-29(36-27)35-22-7-5-20(6-8-22)28(40)32-18-23-4-2-3-13-31-23/h2-13,19H,14-18H2,1H3,(H2,30,39)(H,32,40)(H2,33,34,35,36). The molecule has 5 rings (SSSR count). The van der Waals surface area contributed by atoms with Crippen molar-refractivity contribution in [3.05, 3.63) is 95.9 Å².